The third kappa shape index (κ3) is 3.96. The van der Waals surface area contributed by atoms with Crippen molar-refractivity contribution in [1.29, 1.82) is 0 Å². The Kier molecular flexibility index (Phi) is 5.86. The van der Waals surface area contributed by atoms with Crippen LogP contribution in [0, 0.1) is 0 Å². The van der Waals surface area contributed by atoms with Crippen LogP contribution in [0.15, 0.2) is 16.6 Å². The highest BCUT2D eigenvalue weighted by atomic mass is 79.9. The second-order valence-electron chi connectivity index (χ2n) is 4.68. The average molecular weight is 343 g/mol. The van der Waals surface area contributed by atoms with Crippen LogP contribution in [0.4, 0.5) is 0 Å². The monoisotopic (exact) mass is 342 g/mol. The Hall–Kier alpha value is -1.07. The first-order valence-electron chi connectivity index (χ1n) is 6.90. The number of hydrogen-bond donors (Lipinski definition) is 0. The maximum Gasteiger partial charge on any atom is 0.175 e. The van der Waals surface area contributed by atoms with Gasteiger partial charge in [-0.05, 0) is 54.2 Å². The normalized spacial score (nSPS) is 18.6. The quantitative estimate of drug-likeness (QED) is 0.741. The molecule has 1 atom stereocenters. The fourth-order valence-corrected chi connectivity index (χ4v) is 2.75. The van der Waals surface area contributed by atoms with Crippen LogP contribution in [0.3, 0.4) is 0 Å². The summed E-state index contributed by atoms with van der Waals surface area (Å²) in [7, 11) is 0. The molecule has 1 fully saturated rings. The molecule has 1 saturated heterocycles. The topological polar surface area (TPSA) is 44.8 Å². The Balaban J connectivity index is 2.10. The van der Waals surface area contributed by atoms with Crippen LogP contribution in [0.25, 0.3) is 0 Å². The van der Waals surface area contributed by atoms with Crippen molar-refractivity contribution in [2.24, 2.45) is 0 Å². The van der Waals surface area contributed by atoms with Crippen LogP contribution in [0.5, 0.6) is 11.5 Å². The van der Waals surface area contributed by atoms with Crippen molar-refractivity contribution in [2.75, 3.05) is 19.8 Å². The van der Waals surface area contributed by atoms with E-state index in [0.717, 1.165) is 30.2 Å². The van der Waals surface area contributed by atoms with Crippen LogP contribution in [0.1, 0.15) is 36.5 Å². The van der Waals surface area contributed by atoms with E-state index in [-0.39, 0.29) is 6.10 Å². The van der Waals surface area contributed by atoms with E-state index in [9.17, 15) is 4.79 Å². The molecule has 0 bridgehead atoms. The zero-order valence-electron chi connectivity index (χ0n) is 11.6. The molecule has 1 aliphatic heterocycles. The molecule has 0 saturated carbocycles. The van der Waals surface area contributed by atoms with Crippen LogP contribution >= 0.6 is 15.9 Å². The molecule has 1 aromatic carbocycles. The van der Waals surface area contributed by atoms with Crippen LogP contribution in [-0.2, 0) is 4.74 Å². The minimum absolute atomic E-state index is 0.135. The molecular formula is C15H19BrO4. The Labute approximate surface area is 127 Å². The van der Waals surface area contributed by atoms with Gasteiger partial charge < -0.3 is 14.2 Å². The lowest BCUT2D eigenvalue weighted by Crippen LogP contribution is -2.26. The molecule has 0 spiro atoms. The molecule has 1 aromatic rings. The highest BCUT2D eigenvalue weighted by Crippen LogP contribution is 2.37. The van der Waals surface area contributed by atoms with Gasteiger partial charge in [-0.2, -0.15) is 0 Å². The number of hydrogen-bond acceptors (Lipinski definition) is 4. The predicted molar refractivity (Wildman–Crippen MR) is 79.8 cm³/mol. The molecule has 1 unspecified atom stereocenters. The first kappa shape index (κ1) is 15.3. The summed E-state index contributed by atoms with van der Waals surface area (Å²) in [5.41, 5.74) is 0.557. The van der Waals surface area contributed by atoms with Gasteiger partial charge in [0.05, 0.1) is 17.2 Å². The number of halogens is 1. The zero-order chi connectivity index (χ0) is 14.4. The molecule has 20 heavy (non-hydrogen) atoms. The Morgan fingerprint density at radius 1 is 1.40 bits per heavy atom. The molecule has 110 valence electrons. The fourth-order valence-electron chi connectivity index (χ4n) is 2.17. The van der Waals surface area contributed by atoms with Gasteiger partial charge in [0.15, 0.2) is 11.5 Å². The van der Waals surface area contributed by atoms with Crippen molar-refractivity contribution in [3.8, 4) is 11.5 Å². The highest BCUT2D eigenvalue weighted by molar-refractivity contribution is 9.10. The number of benzene rings is 1. The summed E-state index contributed by atoms with van der Waals surface area (Å²) in [6, 6.07) is 3.42. The van der Waals surface area contributed by atoms with Crippen LogP contribution in [-0.4, -0.2) is 32.2 Å². The Morgan fingerprint density at radius 3 is 2.90 bits per heavy atom. The molecule has 2 rings (SSSR count). The van der Waals surface area contributed by atoms with Crippen molar-refractivity contribution in [2.45, 2.75) is 32.3 Å². The van der Waals surface area contributed by atoms with Crippen molar-refractivity contribution in [1.82, 2.24) is 0 Å². The average Bonchev–Trinajstić information content (AvgIpc) is 2.47. The summed E-state index contributed by atoms with van der Waals surface area (Å²) in [6.07, 6.45) is 4.25. The van der Waals surface area contributed by atoms with Crippen molar-refractivity contribution >= 4 is 22.2 Å². The van der Waals surface area contributed by atoms with Crippen molar-refractivity contribution in [3.05, 3.63) is 22.2 Å². The Bertz CT molecular complexity index is 455. The second kappa shape index (κ2) is 7.64. The minimum atomic E-state index is 0.135. The highest BCUT2D eigenvalue weighted by Gasteiger charge is 2.17. The third-order valence-corrected chi connectivity index (χ3v) is 3.74. The van der Waals surface area contributed by atoms with E-state index in [1.54, 1.807) is 12.1 Å². The largest absolute Gasteiger partial charge is 0.490 e. The van der Waals surface area contributed by atoms with Gasteiger partial charge in [-0.15, -0.1) is 0 Å². The van der Waals surface area contributed by atoms with E-state index in [2.05, 4.69) is 15.9 Å². The molecule has 0 aromatic heterocycles. The van der Waals surface area contributed by atoms with E-state index in [4.69, 9.17) is 14.2 Å². The number of rotatable bonds is 6. The number of aldehydes is 1. The second-order valence-corrected chi connectivity index (χ2v) is 5.53. The van der Waals surface area contributed by atoms with Crippen molar-refractivity contribution < 1.29 is 19.0 Å². The van der Waals surface area contributed by atoms with E-state index >= 15 is 0 Å². The summed E-state index contributed by atoms with van der Waals surface area (Å²) >= 11 is 3.43. The molecule has 4 nitrogen and oxygen atoms in total. The Morgan fingerprint density at radius 2 is 2.25 bits per heavy atom. The maximum absolute atomic E-state index is 10.9. The molecule has 0 aliphatic carbocycles. The van der Waals surface area contributed by atoms with Gasteiger partial charge in [-0.1, -0.05) is 0 Å². The molecule has 0 amide bonds. The summed E-state index contributed by atoms with van der Waals surface area (Å²) < 4.78 is 17.8. The van der Waals surface area contributed by atoms with E-state index < -0.39 is 0 Å². The van der Waals surface area contributed by atoms with Gasteiger partial charge in [0, 0.05) is 12.2 Å². The molecule has 0 N–H and O–H groups in total. The van der Waals surface area contributed by atoms with Gasteiger partial charge in [0.1, 0.15) is 12.9 Å². The summed E-state index contributed by atoms with van der Waals surface area (Å²) in [6.45, 7) is 3.72. The lowest BCUT2D eigenvalue weighted by Gasteiger charge is -2.23. The molecule has 5 heteroatoms. The maximum atomic E-state index is 10.9. The number of carbonyl (C=O) groups excluding carboxylic acids is 1. The lowest BCUT2D eigenvalue weighted by atomic mass is 10.1. The lowest BCUT2D eigenvalue weighted by molar-refractivity contribution is -0.0117. The van der Waals surface area contributed by atoms with E-state index in [0.29, 0.717) is 30.3 Å². The number of carbonyl (C=O) groups is 1. The molecular weight excluding hydrogens is 324 g/mol. The van der Waals surface area contributed by atoms with Gasteiger partial charge in [0.2, 0.25) is 0 Å². The van der Waals surface area contributed by atoms with Crippen LogP contribution < -0.4 is 9.47 Å². The molecule has 1 aliphatic rings. The summed E-state index contributed by atoms with van der Waals surface area (Å²) in [4.78, 5) is 10.9. The van der Waals surface area contributed by atoms with Gasteiger partial charge in [-0.3, -0.25) is 4.79 Å². The fraction of sp³-hybridized carbons (Fsp3) is 0.533. The molecule has 0 radical (unpaired) electrons. The first-order valence-corrected chi connectivity index (χ1v) is 7.69. The standard InChI is InChI=1S/C15H19BrO4/c1-2-18-14-8-11(9-17)7-13(16)15(14)20-10-12-5-3-4-6-19-12/h7-9,12H,2-6,10H2,1H3. The van der Waals surface area contributed by atoms with Crippen molar-refractivity contribution in [3.63, 3.8) is 0 Å². The van der Waals surface area contributed by atoms with Gasteiger partial charge in [0.25, 0.3) is 0 Å². The summed E-state index contributed by atoms with van der Waals surface area (Å²) in [5, 5.41) is 0. The minimum Gasteiger partial charge on any atom is -0.490 e. The van der Waals surface area contributed by atoms with E-state index in [1.807, 2.05) is 6.92 Å². The summed E-state index contributed by atoms with van der Waals surface area (Å²) in [5.74, 6) is 1.21. The van der Waals surface area contributed by atoms with Gasteiger partial charge in [-0.25, -0.2) is 0 Å². The van der Waals surface area contributed by atoms with E-state index in [1.165, 1.54) is 6.42 Å². The van der Waals surface area contributed by atoms with Crippen LogP contribution in [0.2, 0.25) is 0 Å². The molecule has 1 heterocycles. The predicted octanol–water partition coefficient (Wildman–Crippen LogP) is 3.61. The first-order chi connectivity index (χ1) is 9.74. The SMILES string of the molecule is CCOc1cc(C=O)cc(Br)c1OCC1CCCCO1. The third-order valence-electron chi connectivity index (χ3n) is 3.16. The van der Waals surface area contributed by atoms with Gasteiger partial charge >= 0.3 is 0 Å². The smallest absolute Gasteiger partial charge is 0.175 e. The number of ether oxygens (including phenoxy) is 3. The zero-order valence-corrected chi connectivity index (χ0v) is 13.1.